The van der Waals surface area contributed by atoms with Gasteiger partial charge in [-0.25, -0.2) is 0 Å². The standard InChI is InChI=1S/C16H21N3S/c1-3-19(10-12(2)16(17)20)11-14-9-8-13-6-4-5-7-15(13)18-14/h4-9,12H,3,10-11H2,1-2H3,(H2,17,20). The maximum Gasteiger partial charge on any atom is 0.0768 e. The number of rotatable bonds is 6. The molecule has 1 aromatic heterocycles. The Morgan fingerprint density at radius 2 is 2.05 bits per heavy atom. The van der Waals surface area contributed by atoms with Crippen LogP contribution < -0.4 is 5.73 Å². The van der Waals surface area contributed by atoms with Gasteiger partial charge in [-0.15, -0.1) is 0 Å². The van der Waals surface area contributed by atoms with Gasteiger partial charge in [-0.05, 0) is 18.7 Å². The number of pyridine rings is 1. The zero-order valence-electron chi connectivity index (χ0n) is 12.0. The Kier molecular flexibility index (Phi) is 5.04. The molecular formula is C16H21N3S. The fourth-order valence-corrected chi connectivity index (χ4v) is 2.28. The molecule has 1 heterocycles. The van der Waals surface area contributed by atoms with Crippen molar-refractivity contribution in [2.24, 2.45) is 11.7 Å². The van der Waals surface area contributed by atoms with Crippen molar-refractivity contribution in [2.75, 3.05) is 13.1 Å². The molecule has 0 aliphatic heterocycles. The second kappa shape index (κ2) is 6.77. The smallest absolute Gasteiger partial charge is 0.0768 e. The number of hydrogen-bond acceptors (Lipinski definition) is 3. The van der Waals surface area contributed by atoms with Crippen molar-refractivity contribution in [3.05, 3.63) is 42.1 Å². The van der Waals surface area contributed by atoms with Gasteiger partial charge < -0.3 is 5.73 Å². The van der Waals surface area contributed by atoms with Crippen molar-refractivity contribution in [1.82, 2.24) is 9.88 Å². The highest BCUT2D eigenvalue weighted by Gasteiger charge is 2.12. The predicted molar refractivity (Wildman–Crippen MR) is 88.6 cm³/mol. The Bertz CT molecular complexity index is 597. The van der Waals surface area contributed by atoms with Gasteiger partial charge in [-0.2, -0.15) is 0 Å². The first-order valence-electron chi connectivity index (χ1n) is 6.96. The molecule has 2 aromatic rings. The highest BCUT2D eigenvalue weighted by Crippen LogP contribution is 2.13. The number of fused-ring (bicyclic) bond motifs is 1. The van der Waals surface area contributed by atoms with E-state index in [9.17, 15) is 0 Å². The third kappa shape index (κ3) is 3.74. The number of aromatic nitrogens is 1. The summed E-state index contributed by atoms with van der Waals surface area (Å²) in [4.78, 5) is 7.61. The van der Waals surface area contributed by atoms with Crippen LogP contribution in [-0.2, 0) is 6.54 Å². The monoisotopic (exact) mass is 287 g/mol. The summed E-state index contributed by atoms with van der Waals surface area (Å²) >= 11 is 5.05. The van der Waals surface area contributed by atoms with E-state index < -0.39 is 0 Å². The van der Waals surface area contributed by atoms with E-state index in [-0.39, 0.29) is 5.92 Å². The molecule has 0 fully saturated rings. The molecule has 106 valence electrons. The predicted octanol–water partition coefficient (Wildman–Crippen LogP) is 2.98. The minimum absolute atomic E-state index is 0.227. The van der Waals surface area contributed by atoms with Crippen LogP contribution in [0.25, 0.3) is 10.9 Å². The molecule has 0 saturated heterocycles. The van der Waals surface area contributed by atoms with Crippen molar-refractivity contribution < 1.29 is 0 Å². The quantitative estimate of drug-likeness (QED) is 0.829. The number of benzene rings is 1. The number of nitrogens with two attached hydrogens (primary N) is 1. The highest BCUT2D eigenvalue weighted by molar-refractivity contribution is 7.80. The van der Waals surface area contributed by atoms with Crippen molar-refractivity contribution >= 4 is 28.1 Å². The third-order valence-corrected chi connectivity index (χ3v) is 3.91. The van der Waals surface area contributed by atoms with Crippen molar-refractivity contribution in [2.45, 2.75) is 20.4 Å². The summed E-state index contributed by atoms with van der Waals surface area (Å²) < 4.78 is 0. The molecule has 0 spiro atoms. The van der Waals surface area contributed by atoms with Crippen LogP contribution in [0.15, 0.2) is 36.4 Å². The van der Waals surface area contributed by atoms with Crippen LogP contribution in [-0.4, -0.2) is 28.0 Å². The summed E-state index contributed by atoms with van der Waals surface area (Å²) in [6.45, 7) is 6.88. The van der Waals surface area contributed by atoms with Gasteiger partial charge in [0.25, 0.3) is 0 Å². The summed E-state index contributed by atoms with van der Waals surface area (Å²) in [7, 11) is 0. The first-order valence-corrected chi connectivity index (χ1v) is 7.37. The molecule has 0 amide bonds. The molecule has 2 rings (SSSR count). The molecule has 0 bridgehead atoms. The van der Waals surface area contributed by atoms with Crippen LogP contribution >= 0.6 is 12.2 Å². The average molecular weight is 287 g/mol. The normalized spacial score (nSPS) is 12.8. The average Bonchev–Trinajstić information content (AvgIpc) is 2.46. The van der Waals surface area contributed by atoms with E-state index in [1.807, 2.05) is 18.2 Å². The van der Waals surface area contributed by atoms with E-state index in [1.165, 1.54) is 5.39 Å². The van der Waals surface area contributed by atoms with E-state index >= 15 is 0 Å². The number of para-hydroxylation sites is 1. The topological polar surface area (TPSA) is 42.2 Å². The van der Waals surface area contributed by atoms with E-state index in [4.69, 9.17) is 22.9 Å². The molecule has 0 radical (unpaired) electrons. The van der Waals surface area contributed by atoms with Crippen LogP contribution in [0.4, 0.5) is 0 Å². The third-order valence-electron chi connectivity index (χ3n) is 3.51. The van der Waals surface area contributed by atoms with Crippen LogP contribution in [0.1, 0.15) is 19.5 Å². The Morgan fingerprint density at radius 3 is 2.75 bits per heavy atom. The lowest BCUT2D eigenvalue weighted by atomic mass is 10.1. The zero-order chi connectivity index (χ0) is 14.5. The molecule has 0 aliphatic carbocycles. The largest absolute Gasteiger partial charge is 0.393 e. The molecule has 2 N–H and O–H groups in total. The summed E-state index contributed by atoms with van der Waals surface area (Å²) in [6.07, 6.45) is 0. The van der Waals surface area contributed by atoms with Gasteiger partial charge in [-0.3, -0.25) is 9.88 Å². The molecule has 0 aliphatic rings. The Hall–Kier alpha value is -1.52. The lowest BCUT2D eigenvalue weighted by Crippen LogP contribution is -2.33. The first-order chi connectivity index (χ1) is 9.60. The maximum atomic E-state index is 5.70. The molecule has 1 aromatic carbocycles. The van der Waals surface area contributed by atoms with Crippen molar-refractivity contribution in [3.63, 3.8) is 0 Å². The molecule has 20 heavy (non-hydrogen) atoms. The fourth-order valence-electron chi connectivity index (χ4n) is 2.21. The minimum atomic E-state index is 0.227. The van der Waals surface area contributed by atoms with E-state index in [0.717, 1.165) is 30.8 Å². The summed E-state index contributed by atoms with van der Waals surface area (Å²) in [5.41, 5.74) is 7.82. The maximum absolute atomic E-state index is 5.70. The van der Waals surface area contributed by atoms with Gasteiger partial charge in [0.2, 0.25) is 0 Å². The molecule has 1 unspecified atom stereocenters. The van der Waals surface area contributed by atoms with E-state index in [1.54, 1.807) is 0 Å². The minimum Gasteiger partial charge on any atom is -0.393 e. The molecule has 4 heteroatoms. The molecule has 0 saturated carbocycles. The van der Waals surface area contributed by atoms with Gasteiger partial charge in [0.15, 0.2) is 0 Å². The molecule has 3 nitrogen and oxygen atoms in total. The van der Waals surface area contributed by atoms with Crippen molar-refractivity contribution in [3.8, 4) is 0 Å². The number of nitrogens with zero attached hydrogens (tertiary/aromatic N) is 2. The van der Waals surface area contributed by atoms with Gasteiger partial charge in [0.1, 0.15) is 0 Å². The van der Waals surface area contributed by atoms with Gasteiger partial charge in [-0.1, -0.05) is 50.3 Å². The Morgan fingerprint density at radius 1 is 1.30 bits per heavy atom. The second-order valence-corrected chi connectivity index (χ2v) is 5.60. The van der Waals surface area contributed by atoms with E-state index in [0.29, 0.717) is 4.99 Å². The van der Waals surface area contributed by atoms with Gasteiger partial charge in [0.05, 0.1) is 16.2 Å². The Balaban J connectivity index is 2.11. The van der Waals surface area contributed by atoms with Gasteiger partial charge in [0, 0.05) is 24.4 Å². The summed E-state index contributed by atoms with van der Waals surface area (Å²) in [5.74, 6) is 0.227. The SMILES string of the molecule is CCN(Cc1ccc2ccccc2n1)CC(C)C(N)=S. The Labute approximate surface area is 125 Å². The van der Waals surface area contributed by atoms with Crippen LogP contribution in [0.3, 0.4) is 0 Å². The van der Waals surface area contributed by atoms with Crippen molar-refractivity contribution in [1.29, 1.82) is 0 Å². The van der Waals surface area contributed by atoms with Crippen LogP contribution in [0, 0.1) is 5.92 Å². The molecule has 1 atom stereocenters. The first kappa shape index (κ1) is 14.9. The lowest BCUT2D eigenvalue weighted by molar-refractivity contribution is 0.261. The lowest BCUT2D eigenvalue weighted by Gasteiger charge is -2.23. The zero-order valence-corrected chi connectivity index (χ0v) is 12.9. The van der Waals surface area contributed by atoms with Gasteiger partial charge >= 0.3 is 0 Å². The van der Waals surface area contributed by atoms with Crippen LogP contribution in [0.2, 0.25) is 0 Å². The highest BCUT2D eigenvalue weighted by atomic mass is 32.1. The number of thiocarbonyl (C=S) groups is 1. The molecular weight excluding hydrogens is 266 g/mol. The van der Waals surface area contributed by atoms with E-state index in [2.05, 4.69) is 36.9 Å². The summed E-state index contributed by atoms with van der Waals surface area (Å²) in [5, 5.41) is 1.18. The van der Waals surface area contributed by atoms with Crippen LogP contribution in [0.5, 0.6) is 0 Å². The summed E-state index contributed by atoms with van der Waals surface area (Å²) in [6, 6.07) is 12.4. The second-order valence-electron chi connectivity index (χ2n) is 5.13. The fraction of sp³-hybridized carbons (Fsp3) is 0.375. The number of hydrogen-bond donors (Lipinski definition) is 1.